The van der Waals surface area contributed by atoms with Crippen LogP contribution in [0.2, 0.25) is 0 Å². The van der Waals surface area contributed by atoms with Crippen LogP contribution in [0.4, 0.5) is 17.1 Å². The van der Waals surface area contributed by atoms with Gasteiger partial charge in [-0.05, 0) is 18.2 Å². The largest absolute Gasteiger partial charge is 0.396 e. The first-order valence-electron chi connectivity index (χ1n) is 7.99. The number of hydrogen-bond donors (Lipinski definition) is 2. The second-order valence-corrected chi connectivity index (χ2v) is 7.30. The molecule has 1 aromatic heterocycles. The third-order valence-electron chi connectivity index (χ3n) is 4.15. The molecule has 4 rings (SSSR count). The number of fused-ring (bicyclic) bond motifs is 2. The summed E-state index contributed by atoms with van der Waals surface area (Å²) in [5.74, 6) is 0. The van der Waals surface area contributed by atoms with Crippen LogP contribution >= 0.6 is 0 Å². The predicted molar refractivity (Wildman–Crippen MR) is 104 cm³/mol. The summed E-state index contributed by atoms with van der Waals surface area (Å²) in [6.45, 7) is 0. The van der Waals surface area contributed by atoms with Crippen molar-refractivity contribution in [2.24, 2.45) is 10.2 Å². The van der Waals surface area contributed by atoms with E-state index in [0.717, 1.165) is 10.9 Å². The lowest BCUT2D eigenvalue weighted by molar-refractivity contribution is 0.484. The van der Waals surface area contributed by atoms with E-state index in [9.17, 15) is 13.0 Å². The lowest BCUT2D eigenvalue weighted by atomic mass is 10.1. The number of nitrogen functional groups attached to an aromatic ring is 1. The van der Waals surface area contributed by atoms with Gasteiger partial charge >= 0.3 is 0 Å². The third kappa shape index (κ3) is 3.23. The number of azo groups is 1. The van der Waals surface area contributed by atoms with Crippen LogP contribution in [-0.2, 0) is 10.1 Å². The van der Waals surface area contributed by atoms with Gasteiger partial charge in [0.1, 0.15) is 16.3 Å². The lowest BCUT2D eigenvalue weighted by Crippen LogP contribution is -2.01. The monoisotopic (exact) mass is 378 g/mol. The van der Waals surface area contributed by atoms with Gasteiger partial charge in [0.15, 0.2) is 0 Å². The molecular weight excluding hydrogens is 364 g/mol. The summed E-state index contributed by atoms with van der Waals surface area (Å²) in [6, 6.07) is 17.2. The number of hydrogen-bond acceptors (Lipinski definition) is 6. The number of nitrogens with zero attached hydrogens (tertiary/aromatic N) is 3. The van der Waals surface area contributed by atoms with Gasteiger partial charge in [-0.25, -0.2) is 0 Å². The summed E-state index contributed by atoms with van der Waals surface area (Å²) >= 11 is 0. The normalized spacial score (nSPS) is 12.2. The van der Waals surface area contributed by atoms with E-state index >= 15 is 0 Å². The van der Waals surface area contributed by atoms with E-state index in [-0.39, 0.29) is 16.3 Å². The van der Waals surface area contributed by atoms with E-state index in [1.807, 2.05) is 30.3 Å². The standard InChI is InChI=1S/C19H14N4O3S/c20-19-15-7-3-2-6-14(15)18(27(24,25)26)10-17(19)23-22-13-9-12-5-1-4-8-16(12)21-11-13/h1-11H,20H2,(H,24,25,26)/b23-22+. The van der Waals surface area contributed by atoms with Crippen molar-refractivity contribution in [1.82, 2.24) is 4.98 Å². The molecular formula is C19H14N4O3S. The van der Waals surface area contributed by atoms with E-state index < -0.39 is 10.1 Å². The smallest absolute Gasteiger partial charge is 0.295 e. The Bertz CT molecular complexity index is 1320. The number of rotatable bonds is 3. The predicted octanol–water partition coefficient (Wildman–Crippen LogP) is 4.63. The molecule has 27 heavy (non-hydrogen) atoms. The molecule has 0 amide bonds. The Morgan fingerprint density at radius 2 is 1.63 bits per heavy atom. The van der Waals surface area contributed by atoms with Crippen LogP contribution in [0, 0.1) is 0 Å². The fraction of sp³-hybridized carbons (Fsp3) is 0. The zero-order valence-corrected chi connectivity index (χ0v) is 14.8. The minimum atomic E-state index is -4.45. The molecule has 0 unspecified atom stereocenters. The van der Waals surface area contributed by atoms with Crippen molar-refractivity contribution in [3.8, 4) is 0 Å². The van der Waals surface area contributed by atoms with E-state index in [1.165, 1.54) is 6.07 Å². The van der Waals surface area contributed by atoms with Gasteiger partial charge in [-0.1, -0.05) is 42.5 Å². The Balaban J connectivity index is 1.85. The highest BCUT2D eigenvalue weighted by Crippen LogP contribution is 2.36. The second kappa shape index (κ2) is 6.42. The fourth-order valence-electron chi connectivity index (χ4n) is 2.87. The molecule has 1 heterocycles. The van der Waals surface area contributed by atoms with Gasteiger partial charge in [0.2, 0.25) is 0 Å². The third-order valence-corrected chi connectivity index (χ3v) is 5.05. The molecule has 3 N–H and O–H groups in total. The molecule has 8 heteroatoms. The first-order chi connectivity index (χ1) is 12.9. The van der Waals surface area contributed by atoms with Crippen LogP contribution in [0.1, 0.15) is 0 Å². The maximum absolute atomic E-state index is 11.8. The van der Waals surface area contributed by atoms with Crippen molar-refractivity contribution < 1.29 is 13.0 Å². The van der Waals surface area contributed by atoms with Crippen molar-refractivity contribution in [2.45, 2.75) is 4.90 Å². The van der Waals surface area contributed by atoms with Crippen LogP contribution in [0.25, 0.3) is 21.7 Å². The van der Waals surface area contributed by atoms with Gasteiger partial charge in [0.05, 0.1) is 17.4 Å². The molecule has 0 saturated carbocycles. The van der Waals surface area contributed by atoms with Crippen LogP contribution in [0.3, 0.4) is 0 Å². The highest BCUT2D eigenvalue weighted by Gasteiger charge is 2.18. The molecule has 4 aromatic rings. The van der Waals surface area contributed by atoms with Crippen molar-refractivity contribution in [2.75, 3.05) is 5.73 Å². The number of para-hydroxylation sites is 1. The number of anilines is 1. The average molecular weight is 378 g/mol. The molecule has 7 nitrogen and oxygen atoms in total. The first-order valence-corrected chi connectivity index (χ1v) is 9.43. The number of aromatic nitrogens is 1. The fourth-order valence-corrected chi connectivity index (χ4v) is 3.59. The lowest BCUT2D eigenvalue weighted by Gasteiger charge is -2.09. The van der Waals surface area contributed by atoms with Crippen LogP contribution in [0.15, 0.2) is 82.0 Å². The Kier molecular flexibility index (Phi) is 4.06. The van der Waals surface area contributed by atoms with Crippen molar-refractivity contribution in [1.29, 1.82) is 0 Å². The molecule has 0 saturated heterocycles. The maximum Gasteiger partial charge on any atom is 0.295 e. The molecule has 0 radical (unpaired) electrons. The second-order valence-electron chi connectivity index (χ2n) is 5.91. The van der Waals surface area contributed by atoms with Gasteiger partial charge < -0.3 is 5.73 Å². The molecule has 0 aliphatic heterocycles. The summed E-state index contributed by atoms with van der Waals surface area (Å²) in [5, 5.41) is 9.91. The first kappa shape index (κ1) is 17.1. The van der Waals surface area contributed by atoms with Crippen LogP contribution < -0.4 is 5.73 Å². The summed E-state index contributed by atoms with van der Waals surface area (Å²) in [4.78, 5) is 4.04. The average Bonchev–Trinajstić information content (AvgIpc) is 2.66. The topological polar surface area (TPSA) is 118 Å². The molecule has 0 spiro atoms. The van der Waals surface area contributed by atoms with Crippen molar-refractivity contribution >= 4 is 48.9 Å². The summed E-state index contributed by atoms with van der Waals surface area (Å²) in [6.07, 6.45) is 1.56. The number of nitrogens with two attached hydrogens (primary N) is 1. The van der Waals surface area contributed by atoms with Crippen molar-refractivity contribution in [3.05, 3.63) is 66.9 Å². The summed E-state index contributed by atoms with van der Waals surface area (Å²) in [7, 11) is -4.45. The zero-order chi connectivity index (χ0) is 19.0. The number of benzene rings is 3. The summed E-state index contributed by atoms with van der Waals surface area (Å²) < 4.78 is 33.1. The SMILES string of the molecule is Nc1c(/N=N/c2cnc3ccccc3c2)cc(S(=O)(=O)O)c2ccccc12. The van der Waals surface area contributed by atoms with Gasteiger partial charge in [0.25, 0.3) is 10.1 Å². The Hall–Kier alpha value is -3.36. The highest BCUT2D eigenvalue weighted by atomic mass is 32.2. The Morgan fingerprint density at radius 3 is 2.41 bits per heavy atom. The van der Waals surface area contributed by atoms with Crippen LogP contribution in [-0.4, -0.2) is 18.0 Å². The quantitative estimate of drug-likeness (QED) is 0.306. The Labute approximate surface area is 154 Å². The van der Waals surface area contributed by atoms with Gasteiger partial charge in [0, 0.05) is 16.2 Å². The zero-order valence-electron chi connectivity index (χ0n) is 13.9. The van der Waals surface area contributed by atoms with Gasteiger partial charge in [-0.15, -0.1) is 10.2 Å². The highest BCUT2D eigenvalue weighted by molar-refractivity contribution is 7.86. The molecule has 3 aromatic carbocycles. The van der Waals surface area contributed by atoms with E-state index in [0.29, 0.717) is 16.5 Å². The Morgan fingerprint density at radius 1 is 0.926 bits per heavy atom. The van der Waals surface area contributed by atoms with E-state index in [2.05, 4.69) is 15.2 Å². The van der Waals surface area contributed by atoms with Crippen molar-refractivity contribution in [3.63, 3.8) is 0 Å². The molecule has 0 atom stereocenters. The van der Waals surface area contributed by atoms with E-state index in [4.69, 9.17) is 5.73 Å². The number of pyridine rings is 1. The summed E-state index contributed by atoms with van der Waals surface area (Å²) in [5.41, 5.74) is 7.89. The minimum absolute atomic E-state index is 0.148. The molecule has 134 valence electrons. The maximum atomic E-state index is 11.8. The van der Waals surface area contributed by atoms with E-state index in [1.54, 1.807) is 30.5 Å². The minimum Gasteiger partial charge on any atom is -0.396 e. The van der Waals surface area contributed by atoms with Gasteiger partial charge in [-0.3, -0.25) is 9.54 Å². The molecule has 0 fully saturated rings. The van der Waals surface area contributed by atoms with Crippen LogP contribution in [0.5, 0.6) is 0 Å². The molecule has 0 aliphatic carbocycles. The molecule has 0 bridgehead atoms. The molecule has 0 aliphatic rings. The van der Waals surface area contributed by atoms with Gasteiger partial charge in [-0.2, -0.15) is 8.42 Å².